The first-order chi connectivity index (χ1) is 8.93. The van der Waals surface area contributed by atoms with Crippen LogP contribution >= 0.6 is 11.6 Å². The molecule has 0 spiro atoms. The van der Waals surface area contributed by atoms with Crippen LogP contribution in [0.5, 0.6) is 0 Å². The lowest BCUT2D eigenvalue weighted by atomic mass is 9.85. The van der Waals surface area contributed by atoms with E-state index >= 15 is 0 Å². The molecule has 0 saturated heterocycles. The lowest BCUT2D eigenvalue weighted by Gasteiger charge is -2.24. The highest BCUT2D eigenvalue weighted by atomic mass is 35.5. The molecule has 20 heavy (non-hydrogen) atoms. The Kier molecular flexibility index (Phi) is 5.03. The molecule has 0 bridgehead atoms. The highest BCUT2D eigenvalue weighted by Crippen LogP contribution is 2.29. The van der Waals surface area contributed by atoms with Gasteiger partial charge in [-0.15, -0.1) is 0 Å². The van der Waals surface area contributed by atoms with Gasteiger partial charge in [-0.3, -0.25) is 0 Å². The fourth-order valence-corrected chi connectivity index (χ4v) is 2.53. The van der Waals surface area contributed by atoms with Gasteiger partial charge in [-0.05, 0) is 39.0 Å². The highest BCUT2D eigenvalue weighted by molar-refractivity contribution is 7.85. The Morgan fingerprint density at radius 3 is 2.20 bits per heavy atom. The van der Waals surface area contributed by atoms with Crippen LogP contribution in [0.2, 0.25) is 5.02 Å². The summed E-state index contributed by atoms with van der Waals surface area (Å²) in [5.41, 5.74) is 7.81. The first kappa shape index (κ1) is 17.2. The van der Waals surface area contributed by atoms with E-state index in [-0.39, 0.29) is 5.41 Å². The monoisotopic (exact) mass is 314 g/mol. The van der Waals surface area contributed by atoms with Crippen LogP contribution in [0.15, 0.2) is 22.6 Å². The van der Waals surface area contributed by atoms with Crippen LogP contribution in [0.4, 0.5) is 5.69 Å². The number of hydrogen-bond donors (Lipinski definition) is 1. The Morgan fingerprint density at radius 2 is 1.75 bits per heavy atom. The van der Waals surface area contributed by atoms with Crippen molar-refractivity contribution in [3.05, 3.63) is 28.8 Å². The summed E-state index contributed by atoms with van der Waals surface area (Å²) in [5.74, 6) is 0. The van der Waals surface area contributed by atoms with E-state index in [0.29, 0.717) is 16.4 Å². The molecule has 3 nitrogen and oxygen atoms in total. The van der Waals surface area contributed by atoms with Crippen molar-refractivity contribution >= 4 is 34.0 Å². The molecule has 0 heterocycles. The molecule has 1 aromatic carbocycles. The Labute approximate surface area is 129 Å². The van der Waals surface area contributed by atoms with Crippen LogP contribution in [0, 0.1) is 5.41 Å². The van der Waals surface area contributed by atoms with Gasteiger partial charge in [-0.25, -0.2) is 4.21 Å². The Bertz CT molecular complexity index is 554. The molecule has 5 heteroatoms. The van der Waals surface area contributed by atoms with Gasteiger partial charge in [-0.1, -0.05) is 32.4 Å². The molecule has 0 radical (unpaired) electrons. The van der Waals surface area contributed by atoms with Gasteiger partial charge >= 0.3 is 0 Å². The zero-order valence-corrected chi connectivity index (χ0v) is 14.5. The van der Waals surface area contributed by atoms with Crippen LogP contribution in [0.25, 0.3) is 0 Å². The molecule has 0 aliphatic rings. The Balaban J connectivity index is 3.46. The normalized spacial score (nSPS) is 15.2. The summed E-state index contributed by atoms with van der Waals surface area (Å²) in [5, 5.41) is 0.590. The predicted molar refractivity (Wildman–Crippen MR) is 89.8 cm³/mol. The minimum absolute atomic E-state index is 0.278. The molecule has 0 aromatic heterocycles. The molecule has 0 aliphatic carbocycles. The minimum atomic E-state index is -1.34. The molecule has 0 fully saturated rings. The largest absolute Gasteiger partial charge is 0.398 e. The van der Waals surface area contributed by atoms with Gasteiger partial charge in [0.1, 0.15) is 11.0 Å². The average Bonchev–Trinajstić information content (AvgIpc) is 2.26. The van der Waals surface area contributed by atoms with Crippen LogP contribution < -0.4 is 5.73 Å². The van der Waals surface area contributed by atoms with E-state index in [4.69, 9.17) is 17.3 Å². The van der Waals surface area contributed by atoms with E-state index in [1.165, 1.54) is 0 Å². The van der Waals surface area contributed by atoms with E-state index in [9.17, 15) is 4.21 Å². The van der Waals surface area contributed by atoms with Crippen molar-refractivity contribution in [1.82, 2.24) is 0 Å². The number of rotatable bonds is 2. The van der Waals surface area contributed by atoms with Crippen LogP contribution in [0.1, 0.15) is 47.1 Å². The smallest absolute Gasteiger partial charge is 0.145 e. The minimum Gasteiger partial charge on any atom is -0.398 e. The van der Waals surface area contributed by atoms with Gasteiger partial charge in [0.05, 0.1) is 10.5 Å². The van der Waals surface area contributed by atoms with E-state index in [2.05, 4.69) is 4.40 Å². The van der Waals surface area contributed by atoms with Gasteiger partial charge < -0.3 is 5.73 Å². The first-order valence-electron chi connectivity index (χ1n) is 6.49. The van der Waals surface area contributed by atoms with E-state index in [1.807, 2.05) is 41.5 Å². The molecule has 0 unspecified atom stereocenters. The molecule has 0 saturated carbocycles. The summed E-state index contributed by atoms with van der Waals surface area (Å²) in [6.07, 6.45) is 0. The van der Waals surface area contributed by atoms with Crippen LogP contribution in [0.3, 0.4) is 0 Å². The van der Waals surface area contributed by atoms with Crippen molar-refractivity contribution in [3.63, 3.8) is 0 Å². The van der Waals surface area contributed by atoms with Crippen molar-refractivity contribution in [1.29, 1.82) is 0 Å². The molecule has 1 rings (SSSR count). The van der Waals surface area contributed by atoms with Crippen LogP contribution in [-0.4, -0.2) is 14.7 Å². The SMILES string of the molecule is CC(C)(C)/C(=N/[S@](=O)C(C)(C)C)c1cc(Cl)ccc1N. The van der Waals surface area contributed by atoms with Crippen molar-refractivity contribution in [3.8, 4) is 0 Å². The second kappa shape index (κ2) is 5.86. The Morgan fingerprint density at radius 1 is 1.20 bits per heavy atom. The van der Waals surface area contributed by atoms with Gasteiger partial charge in [0.15, 0.2) is 0 Å². The number of anilines is 1. The third kappa shape index (κ3) is 4.32. The summed E-state index contributed by atoms with van der Waals surface area (Å²) in [6.45, 7) is 11.8. The third-order valence-electron chi connectivity index (χ3n) is 2.68. The van der Waals surface area contributed by atoms with E-state index < -0.39 is 15.7 Å². The predicted octanol–water partition coefficient (Wildman–Crippen LogP) is 4.22. The molecule has 1 atom stereocenters. The number of nitrogen functional groups attached to an aromatic ring is 1. The van der Waals surface area contributed by atoms with E-state index in [0.717, 1.165) is 5.56 Å². The quantitative estimate of drug-likeness (QED) is 0.656. The maximum atomic E-state index is 12.3. The molecular weight excluding hydrogens is 292 g/mol. The van der Waals surface area contributed by atoms with Gasteiger partial charge in [0, 0.05) is 21.7 Å². The standard InChI is InChI=1S/C15H23ClN2OS/c1-14(2,3)13(18-20(19)15(4,5)6)11-9-10(16)7-8-12(11)17/h7-9H,17H2,1-6H3/b18-13+/t20-/m1/s1. The fraction of sp³-hybridized carbons (Fsp3) is 0.533. The van der Waals surface area contributed by atoms with Crippen molar-refractivity contribution in [2.75, 3.05) is 5.73 Å². The maximum absolute atomic E-state index is 12.3. The number of benzene rings is 1. The zero-order valence-electron chi connectivity index (χ0n) is 13.0. The molecule has 112 valence electrons. The van der Waals surface area contributed by atoms with Gasteiger partial charge in [0.2, 0.25) is 0 Å². The second-order valence-electron chi connectivity index (χ2n) is 6.78. The lowest BCUT2D eigenvalue weighted by molar-refractivity contribution is 0.591. The summed E-state index contributed by atoms with van der Waals surface area (Å²) >= 11 is 6.05. The molecule has 2 N–H and O–H groups in total. The van der Waals surface area contributed by atoms with Crippen LogP contribution in [-0.2, 0) is 11.0 Å². The summed E-state index contributed by atoms with van der Waals surface area (Å²) in [6, 6.07) is 5.27. The highest BCUT2D eigenvalue weighted by Gasteiger charge is 2.27. The van der Waals surface area contributed by atoms with E-state index in [1.54, 1.807) is 18.2 Å². The topological polar surface area (TPSA) is 55.5 Å². The molecule has 0 aliphatic heterocycles. The molecule has 0 amide bonds. The van der Waals surface area contributed by atoms with Crippen molar-refractivity contribution in [2.24, 2.45) is 9.81 Å². The van der Waals surface area contributed by atoms with Crippen molar-refractivity contribution in [2.45, 2.75) is 46.3 Å². The third-order valence-corrected chi connectivity index (χ3v) is 4.31. The molecule has 1 aromatic rings. The van der Waals surface area contributed by atoms with Gasteiger partial charge in [-0.2, -0.15) is 4.40 Å². The summed E-state index contributed by atoms with van der Waals surface area (Å²) in [7, 11) is -1.34. The summed E-state index contributed by atoms with van der Waals surface area (Å²) < 4.78 is 16.4. The summed E-state index contributed by atoms with van der Waals surface area (Å²) in [4.78, 5) is 0. The first-order valence-corrected chi connectivity index (χ1v) is 7.98. The van der Waals surface area contributed by atoms with Crippen molar-refractivity contribution < 1.29 is 4.21 Å². The fourth-order valence-electron chi connectivity index (χ4n) is 1.54. The zero-order chi connectivity index (χ0) is 15.7. The molecular formula is C15H23ClN2OS. The maximum Gasteiger partial charge on any atom is 0.145 e. The second-order valence-corrected chi connectivity index (χ2v) is 9.13. The lowest BCUT2D eigenvalue weighted by Crippen LogP contribution is -2.27. The van der Waals surface area contributed by atoms with Gasteiger partial charge in [0.25, 0.3) is 0 Å². The number of nitrogens with two attached hydrogens (primary N) is 1. The Hall–Kier alpha value is -0.870. The number of hydrogen-bond acceptors (Lipinski definition) is 2. The number of halogens is 1. The average molecular weight is 315 g/mol. The number of nitrogens with zero attached hydrogens (tertiary/aromatic N) is 1.